The van der Waals surface area contributed by atoms with E-state index in [1.54, 1.807) is 12.4 Å². The molecule has 1 fully saturated rings. The van der Waals surface area contributed by atoms with Gasteiger partial charge in [0.1, 0.15) is 18.2 Å². The Morgan fingerprint density at radius 1 is 1.14 bits per heavy atom. The van der Waals surface area contributed by atoms with Gasteiger partial charge in [0, 0.05) is 47.4 Å². The standard InChI is InChI=1S/C20H20BrN5O2/c21-16-2-1-3-17(13-16)24-19(27)14-26-7-6-23-20(26)15-4-5-22-18(12-15)25-8-10-28-11-9-25/h1-7,12-13H,8-11,14H2,(H,24,27). The van der Waals surface area contributed by atoms with Crippen molar-refractivity contribution < 1.29 is 9.53 Å². The molecule has 3 aromatic rings. The molecule has 7 nitrogen and oxygen atoms in total. The van der Waals surface area contributed by atoms with Gasteiger partial charge in [-0.15, -0.1) is 0 Å². The lowest BCUT2D eigenvalue weighted by Gasteiger charge is -2.28. The predicted molar refractivity (Wildman–Crippen MR) is 111 cm³/mol. The molecule has 28 heavy (non-hydrogen) atoms. The van der Waals surface area contributed by atoms with E-state index in [9.17, 15) is 4.79 Å². The third-order valence-corrected chi connectivity index (χ3v) is 4.97. The number of hydrogen-bond donors (Lipinski definition) is 1. The second-order valence-corrected chi connectivity index (χ2v) is 7.36. The van der Waals surface area contributed by atoms with Gasteiger partial charge in [-0.3, -0.25) is 4.79 Å². The maximum Gasteiger partial charge on any atom is 0.244 e. The van der Waals surface area contributed by atoms with Crippen LogP contribution in [0.4, 0.5) is 11.5 Å². The van der Waals surface area contributed by atoms with Crippen molar-refractivity contribution in [1.82, 2.24) is 14.5 Å². The third kappa shape index (κ3) is 4.40. The van der Waals surface area contributed by atoms with Crippen molar-refractivity contribution in [3.8, 4) is 11.4 Å². The number of nitrogens with zero attached hydrogens (tertiary/aromatic N) is 4. The number of aromatic nitrogens is 3. The molecule has 0 spiro atoms. The third-order valence-electron chi connectivity index (χ3n) is 4.48. The minimum absolute atomic E-state index is 0.111. The Hall–Kier alpha value is -2.71. The van der Waals surface area contributed by atoms with Crippen molar-refractivity contribution in [3.05, 3.63) is 59.5 Å². The molecule has 0 radical (unpaired) electrons. The number of halogens is 1. The van der Waals surface area contributed by atoms with Crippen LogP contribution in [0.5, 0.6) is 0 Å². The van der Waals surface area contributed by atoms with Gasteiger partial charge in [0.05, 0.1) is 13.2 Å². The lowest BCUT2D eigenvalue weighted by molar-refractivity contribution is -0.116. The summed E-state index contributed by atoms with van der Waals surface area (Å²) in [5, 5.41) is 2.91. The fraction of sp³-hybridized carbons (Fsp3) is 0.250. The normalized spacial score (nSPS) is 14.1. The number of carbonyl (C=O) groups is 1. The Morgan fingerprint density at radius 3 is 2.82 bits per heavy atom. The van der Waals surface area contributed by atoms with Crippen LogP contribution < -0.4 is 10.2 Å². The lowest BCUT2D eigenvalue weighted by Crippen LogP contribution is -2.36. The highest BCUT2D eigenvalue weighted by atomic mass is 79.9. The highest BCUT2D eigenvalue weighted by Gasteiger charge is 2.15. The molecule has 0 unspecified atom stereocenters. The molecule has 1 aliphatic heterocycles. The molecule has 4 rings (SSSR count). The van der Waals surface area contributed by atoms with E-state index < -0.39 is 0 Å². The average molecular weight is 442 g/mol. The largest absolute Gasteiger partial charge is 0.378 e. The fourth-order valence-corrected chi connectivity index (χ4v) is 3.54. The highest BCUT2D eigenvalue weighted by molar-refractivity contribution is 9.10. The molecule has 144 valence electrons. The van der Waals surface area contributed by atoms with Gasteiger partial charge < -0.3 is 19.5 Å². The number of imidazole rings is 1. The average Bonchev–Trinajstić information content (AvgIpc) is 3.17. The van der Waals surface area contributed by atoms with Crippen LogP contribution in [0, 0.1) is 0 Å². The molecule has 1 N–H and O–H groups in total. The van der Waals surface area contributed by atoms with E-state index >= 15 is 0 Å². The lowest BCUT2D eigenvalue weighted by atomic mass is 10.2. The molecule has 3 heterocycles. The summed E-state index contributed by atoms with van der Waals surface area (Å²) in [6, 6.07) is 11.4. The molecule has 1 saturated heterocycles. The fourth-order valence-electron chi connectivity index (χ4n) is 3.14. The van der Waals surface area contributed by atoms with E-state index in [4.69, 9.17) is 4.74 Å². The summed E-state index contributed by atoms with van der Waals surface area (Å²) >= 11 is 3.41. The first-order valence-corrected chi connectivity index (χ1v) is 9.84. The van der Waals surface area contributed by atoms with Crippen molar-refractivity contribution in [2.75, 3.05) is 36.5 Å². The first kappa shape index (κ1) is 18.6. The molecule has 8 heteroatoms. The number of carbonyl (C=O) groups excluding carboxylic acids is 1. The van der Waals surface area contributed by atoms with Gasteiger partial charge in [-0.2, -0.15) is 0 Å². The highest BCUT2D eigenvalue weighted by Crippen LogP contribution is 2.23. The summed E-state index contributed by atoms with van der Waals surface area (Å²) in [6.07, 6.45) is 5.29. The number of amides is 1. The molecule has 1 aliphatic rings. The Balaban J connectivity index is 1.50. The number of pyridine rings is 1. The van der Waals surface area contributed by atoms with Gasteiger partial charge in [-0.1, -0.05) is 22.0 Å². The van der Waals surface area contributed by atoms with Crippen LogP contribution in [0.25, 0.3) is 11.4 Å². The van der Waals surface area contributed by atoms with Crippen molar-refractivity contribution in [2.45, 2.75) is 6.54 Å². The van der Waals surface area contributed by atoms with Gasteiger partial charge in [0.15, 0.2) is 0 Å². The number of hydrogen-bond acceptors (Lipinski definition) is 5. The zero-order chi connectivity index (χ0) is 19.3. The molecule has 0 atom stereocenters. The molecular formula is C20H20BrN5O2. The van der Waals surface area contributed by atoms with Crippen LogP contribution in [-0.2, 0) is 16.1 Å². The first-order chi connectivity index (χ1) is 13.7. The van der Waals surface area contributed by atoms with Crippen molar-refractivity contribution in [1.29, 1.82) is 0 Å². The van der Waals surface area contributed by atoms with Gasteiger partial charge in [-0.05, 0) is 30.3 Å². The Labute approximate surface area is 171 Å². The summed E-state index contributed by atoms with van der Waals surface area (Å²) in [5.41, 5.74) is 1.68. The Morgan fingerprint density at radius 2 is 2.00 bits per heavy atom. The van der Waals surface area contributed by atoms with Crippen molar-refractivity contribution >= 4 is 33.3 Å². The van der Waals surface area contributed by atoms with Crippen molar-refractivity contribution in [2.24, 2.45) is 0 Å². The molecule has 0 saturated carbocycles. The van der Waals surface area contributed by atoms with Gasteiger partial charge >= 0.3 is 0 Å². The van der Waals surface area contributed by atoms with E-state index in [1.165, 1.54) is 0 Å². The maximum atomic E-state index is 12.5. The second-order valence-electron chi connectivity index (χ2n) is 6.44. The number of anilines is 2. The maximum absolute atomic E-state index is 12.5. The molecule has 1 aromatic carbocycles. The minimum atomic E-state index is -0.111. The summed E-state index contributed by atoms with van der Waals surface area (Å²) in [6.45, 7) is 3.23. The van der Waals surface area contributed by atoms with Crippen molar-refractivity contribution in [3.63, 3.8) is 0 Å². The molecule has 1 amide bonds. The number of morpholine rings is 1. The van der Waals surface area contributed by atoms with Crippen LogP contribution in [0.1, 0.15) is 0 Å². The Kier molecular flexibility index (Phi) is 5.68. The molecule has 0 bridgehead atoms. The topological polar surface area (TPSA) is 72.3 Å². The van der Waals surface area contributed by atoms with E-state index in [1.807, 2.05) is 47.2 Å². The van der Waals surface area contributed by atoms with E-state index in [0.29, 0.717) is 13.2 Å². The summed E-state index contributed by atoms with van der Waals surface area (Å²) < 4.78 is 8.17. The monoisotopic (exact) mass is 441 g/mol. The number of benzene rings is 1. The smallest absolute Gasteiger partial charge is 0.244 e. The van der Waals surface area contributed by atoms with Gasteiger partial charge in [0.2, 0.25) is 5.91 Å². The van der Waals surface area contributed by atoms with Crippen LogP contribution in [0.3, 0.4) is 0 Å². The SMILES string of the molecule is O=C(Cn1ccnc1-c1ccnc(N2CCOCC2)c1)Nc1cccc(Br)c1. The Bertz CT molecular complexity index is 968. The number of nitrogens with one attached hydrogen (secondary N) is 1. The van der Waals surface area contributed by atoms with Crippen LogP contribution in [0.15, 0.2) is 59.5 Å². The quantitative estimate of drug-likeness (QED) is 0.657. The summed E-state index contributed by atoms with van der Waals surface area (Å²) in [5.74, 6) is 1.52. The van der Waals surface area contributed by atoms with E-state index in [0.717, 1.165) is 40.5 Å². The zero-order valence-corrected chi connectivity index (χ0v) is 16.8. The van der Waals surface area contributed by atoms with Gasteiger partial charge in [-0.25, -0.2) is 9.97 Å². The van der Waals surface area contributed by atoms with E-state index in [-0.39, 0.29) is 12.5 Å². The van der Waals surface area contributed by atoms with E-state index in [2.05, 4.69) is 36.1 Å². The number of rotatable bonds is 5. The second kappa shape index (κ2) is 8.53. The minimum Gasteiger partial charge on any atom is -0.378 e. The van der Waals surface area contributed by atoms with Crippen LogP contribution in [0.2, 0.25) is 0 Å². The molecular weight excluding hydrogens is 422 g/mol. The zero-order valence-electron chi connectivity index (χ0n) is 15.2. The number of ether oxygens (including phenoxy) is 1. The predicted octanol–water partition coefficient (Wildman–Crippen LogP) is 3.18. The summed E-state index contributed by atoms with van der Waals surface area (Å²) in [4.78, 5) is 23.6. The van der Waals surface area contributed by atoms with Crippen LogP contribution >= 0.6 is 15.9 Å². The first-order valence-electron chi connectivity index (χ1n) is 9.05. The molecule has 0 aliphatic carbocycles. The van der Waals surface area contributed by atoms with Gasteiger partial charge in [0.25, 0.3) is 0 Å². The van der Waals surface area contributed by atoms with Crippen LogP contribution in [-0.4, -0.2) is 46.7 Å². The molecule has 2 aromatic heterocycles. The summed E-state index contributed by atoms with van der Waals surface area (Å²) in [7, 11) is 0.